The number of amides is 2. The number of nitrogens with one attached hydrogen (secondary N) is 2. The van der Waals surface area contributed by atoms with Gasteiger partial charge in [0.15, 0.2) is 0 Å². The SMILES string of the molecule is O=C(NCCS(=O)(=O)N1CCc2ccccc21)NC[C@@H]1CCCO1. The van der Waals surface area contributed by atoms with E-state index in [0.717, 1.165) is 37.1 Å². The van der Waals surface area contributed by atoms with Crippen LogP contribution in [-0.4, -0.2) is 52.5 Å². The zero-order valence-electron chi connectivity index (χ0n) is 13.5. The highest BCUT2D eigenvalue weighted by Gasteiger charge is 2.28. The van der Waals surface area contributed by atoms with E-state index >= 15 is 0 Å². The summed E-state index contributed by atoms with van der Waals surface area (Å²) < 4.78 is 31.8. The molecule has 0 saturated carbocycles. The molecule has 2 amide bonds. The fraction of sp³-hybridized carbons (Fsp3) is 0.562. The van der Waals surface area contributed by atoms with E-state index in [2.05, 4.69) is 10.6 Å². The van der Waals surface area contributed by atoms with E-state index in [0.29, 0.717) is 13.1 Å². The Hall–Kier alpha value is -1.80. The molecule has 7 nitrogen and oxygen atoms in total. The van der Waals surface area contributed by atoms with Crippen molar-refractivity contribution in [3.05, 3.63) is 29.8 Å². The monoisotopic (exact) mass is 353 g/mol. The molecular weight excluding hydrogens is 330 g/mol. The Morgan fingerprint density at radius 2 is 2.12 bits per heavy atom. The van der Waals surface area contributed by atoms with Crippen LogP contribution in [0.3, 0.4) is 0 Å². The fourth-order valence-corrected chi connectivity index (χ4v) is 4.50. The third-order valence-electron chi connectivity index (χ3n) is 4.34. The Labute approximate surface area is 142 Å². The molecule has 2 aliphatic heterocycles. The van der Waals surface area contributed by atoms with Gasteiger partial charge in [-0.15, -0.1) is 0 Å². The molecule has 1 atom stereocenters. The van der Waals surface area contributed by atoms with Crippen molar-refractivity contribution >= 4 is 21.7 Å². The number of urea groups is 1. The highest BCUT2D eigenvalue weighted by atomic mass is 32.2. The predicted octanol–water partition coefficient (Wildman–Crippen LogP) is 0.857. The van der Waals surface area contributed by atoms with Gasteiger partial charge in [0.25, 0.3) is 0 Å². The number of ether oxygens (including phenoxy) is 1. The van der Waals surface area contributed by atoms with Gasteiger partial charge < -0.3 is 15.4 Å². The minimum Gasteiger partial charge on any atom is -0.376 e. The molecule has 0 aliphatic carbocycles. The van der Waals surface area contributed by atoms with Crippen LogP contribution in [0.1, 0.15) is 18.4 Å². The van der Waals surface area contributed by atoms with Gasteiger partial charge in [0.1, 0.15) is 0 Å². The number of nitrogens with zero attached hydrogens (tertiary/aromatic N) is 1. The van der Waals surface area contributed by atoms with Crippen molar-refractivity contribution in [3.8, 4) is 0 Å². The average Bonchev–Trinajstić information content (AvgIpc) is 3.22. The molecule has 0 radical (unpaired) electrons. The molecule has 2 heterocycles. The fourth-order valence-electron chi connectivity index (χ4n) is 3.08. The smallest absolute Gasteiger partial charge is 0.314 e. The van der Waals surface area contributed by atoms with E-state index in [1.54, 1.807) is 0 Å². The van der Waals surface area contributed by atoms with Crippen molar-refractivity contribution < 1.29 is 17.9 Å². The number of benzene rings is 1. The number of carbonyl (C=O) groups excluding carboxylic acids is 1. The molecule has 1 aromatic rings. The zero-order chi connectivity index (χ0) is 17.0. The Morgan fingerprint density at radius 1 is 1.29 bits per heavy atom. The standard InChI is InChI=1S/C16H23N3O4S/c20-16(18-12-14-5-3-10-23-14)17-8-11-24(21,22)19-9-7-13-4-1-2-6-15(13)19/h1-2,4,6,14H,3,5,7-12H2,(H2,17,18,20)/t14-/m0/s1. The lowest BCUT2D eigenvalue weighted by molar-refractivity contribution is 0.111. The first kappa shape index (κ1) is 17.0. The van der Waals surface area contributed by atoms with Crippen molar-refractivity contribution in [2.45, 2.75) is 25.4 Å². The van der Waals surface area contributed by atoms with Crippen LogP contribution in [0.2, 0.25) is 0 Å². The van der Waals surface area contributed by atoms with Crippen molar-refractivity contribution in [1.29, 1.82) is 0 Å². The molecule has 2 aliphatic rings. The van der Waals surface area contributed by atoms with E-state index in [4.69, 9.17) is 4.74 Å². The molecule has 8 heteroatoms. The first-order chi connectivity index (χ1) is 11.6. The van der Waals surface area contributed by atoms with Crippen molar-refractivity contribution in [2.75, 3.05) is 36.3 Å². The Kier molecular flexibility index (Phi) is 5.25. The maximum atomic E-state index is 12.5. The normalized spacial score (nSPS) is 20.0. The van der Waals surface area contributed by atoms with Crippen molar-refractivity contribution in [2.24, 2.45) is 0 Å². The number of carbonyl (C=O) groups is 1. The molecule has 3 rings (SSSR count). The summed E-state index contributed by atoms with van der Waals surface area (Å²) in [6, 6.07) is 7.16. The molecule has 1 aromatic carbocycles. The molecule has 0 unspecified atom stereocenters. The highest BCUT2D eigenvalue weighted by molar-refractivity contribution is 7.92. The maximum absolute atomic E-state index is 12.5. The number of sulfonamides is 1. The summed E-state index contributed by atoms with van der Waals surface area (Å²) in [7, 11) is -3.43. The molecule has 1 fully saturated rings. The molecule has 132 valence electrons. The third-order valence-corrected chi connectivity index (χ3v) is 6.11. The van der Waals surface area contributed by atoms with Crippen molar-refractivity contribution in [3.63, 3.8) is 0 Å². The minimum atomic E-state index is -3.43. The number of para-hydroxylation sites is 1. The quantitative estimate of drug-likeness (QED) is 0.794. The van der Waals surface area contributed by atoms with Crippen LogP contribution in [0, 0.1) is 0 Å². The van der Waals surface area contributed by atoms with Gasteiger partial charge >= 0.3 is 6.03 Å². The summed E-state index contributed by atoms with van der Waals surface area (Å²) in [5, 5.41) is 5.31. The average molecular weight is 353 g/mol. The van der Waals surface area contributed by atoms with Crippen LogP contribution in [0.15, 0.2) is 24.3 Å². The lowest BCUT2D eigenvalue weighted by Gasteiger charge is -2.19. The first-order valence-electron chi connectivity index (χ1n) is 8.28. The van der Waals surface area contributed by atoms with Gasteiger partial charge in [-0.1, -0.05) is 18.2 Å². The van der Waals surface area contributed by atoms with E-state index in [9.17, 15) is 13.2 Å². The predicted molar refractivity (Wildman–Crippen MR) is 91.7 cm³/mol. The van der Waals surface area contributed by atoms with Gasteiger partial charge in [0, 0.05) is 26.2 Å². The van der Waals surface area contributed by atoms with E-state index in [-0.39, 0.29) is 24.4 Å². The molecule has 0 aromatic heterocycles. The Bertz CT molecular complexity index is 686. The topological polar surface area (TPSA) is 87.7 Å². The second kappa shape index (κ2) is 7.40. The van der Waals surface area contributed by atoms with Crippen LogP contribution in [0.4, 0.5) is 10.5 Å². The van der Waals surface area contributed by atoms with Gasteiger partial charge in [-0.25, -0.2) is 13.2 Å². The third kappa shape index (κ3) is 3.99. The molecule has 2 N–H and O–H groups in total. The van der Waals surface area contributed by atoms with E-state index in [1.807, 2.05) is 24.3 Å². The number of anilines is 1. The van der Waals surface area contributed by atoms with Gasteiger partial charge in [-0.05, 0) is 30.9 Å². The second-order valence-electron chi connectivity index (χ2n) is 6.04. The molecular formula is C16H23N3O4S. The van der Waals surface area contributed by atoms with Crippen LogP contribution >= 0.6 is 0 Å². The van der Waals surface area contributed by atoms with Gasteiger partial charge in [0.2, 0.25) is 10.0 Å². The van der Waals surface area contributed by atoms with Crippen LogP contribution in [-0.2, 0) is 21.2 Å². The maximum Gasteiger partial charge on any atom is 0.314 e. The summed E-state index contributed by atoms with van der Waals surface area (Å²) in [6.07, 6.45) is 2.76. The molecule has 24 heavy (non-hydrogen) atoms. The summed E-state index contributed by atoms with van der Waals surface area (Å²) >= 11 is 0. The van der Waals surface area contributed by atoms with E-state index in [1.165, 1.54) is 4.31 Å². The molecule has 1 saturated heterocycles. The van der Waals surface area contributed by atoms with Crippen molar-refractivity contribution in [1.82, 2.24) is 10.6 Å². The summed E-state index contributed by atoms with van der Waals surface area (Å²) in [6.45, 7) is 1.74. The van der Waals surface area contributed by atoms with Gasteiger partial charge in [-0.3, -0.25) is 4.31 Å². The van der Waals surface area contributed by atoms with Crippen LogP contribution in [0.5, 0.6) is 0 Å². The van der Waals surface area contributed by atoms with Crippen LogP contribution in [0.25, 0.3) is 0 Å². The zero-order valence-corrected chi connectivity index (χ0v) is 14.3. The summed E-state index contributed by atoms with van der Waals surface area (Å²) in [5.74, 6) is -0.116. The number of hydrogen-bond acceptors (Lipinski definition) is 4. The molecule has 0 spiro atoms. The van der Waals surface area contributed by atoms with Crippen LogP contribution < -0.4 is 14.9 Å². The Balaban J connectivity index is 1.45. The van der Waals surface area contributed by atoms with Gasteiger partial charge in [-0.2, -0.15) is 0 Å². The van der Waals surface area contributed by atoms with Gasteiger partial charge in [0.05, 0.1) is 17.5 Å². The largest absolute Gasteiger partial charge is 0.376 e. The number of fused-ring (bicyclic) bond motifs is 1. The Morgan fingerprint density at radius 3 is 2.92 bits per heavy atom. The lowest BCUT2D eigenvalue weighted by atomic mass is 10.2. The minimum absolute atomic E-state index is 0.0700. The van der Waals surface area contributed by atoms with E-state index < -0.39 is 10.0 Å². The lowest BCUT2D eigenvalue weighted by Crippen LogP contribution is -2.43. The summed E-state index contributed by atoms with van der Waals surface area (Å²) in [5.41, 5.74) is 1.80. The molecule has 0 bridgehead atoms. The number of hydrogen-bond donors (Lipinski definition) is 2. The number of rotatable bonds is 6. The summed E-state index contributed by atoms with van der Waals surface area (Å²) in [4.78, 5) is 11.7. The highest BCUT2D eigenvalue weighted by Crippen LogP contribution is 2.29. The second-order valence-corrected chi connectivity index (χ2v) is 8.05. The first-order valence-corrected chi connectivity index (χ1v) is 9.89.